The molecule has 0 aromatic carbocycles. The van der Waals surface area contributed by atoms with E-state index < -0.39 is 0 Å². The maximum Gasteiger partial charge on any atom is 0.142 e. The van der Waals surface area contributed by atoms with Crippen LogP contribution >= 0.6 is 0 Å². The van der Waals surface area contributed by atoms with E-state index in [0.717, 1.165) is 18.0 Å². The van der Waals surface area contributed by atoms with Crippen LogP contribution in [0.2, 0.25) is 0 Å². The van der Waals surface area contributed by atoms with Crippen LogP contribution in [0, 0.1) is 11.3 Å². The Bertz CT molecular complexity index is 450. The molecule has 1 fully saturated rings. The Morgan fingerprint density at radius 2 is 2.10 bits per heavy atom. The van der Waals surface area contributed by atoms with Gasteiger partial charge in [-0.25, -0.2) is 0 Å². The average molecular weight is 274 g/mol. The van der Waals surface area contributed by atoms with Crippen LogP contribution < -0.4 is 5.73 Å². The Hall–Kier alpha value is -1.42. The topological polar surface area (TPSA) is 66.0 Å². The molecule has 4 heteroatoms. The summed E-state index contributed by atoms with van der Waals surface area (Å²) in [5.74, 6) is 0.981. The maximum atomic E-state index is 7.61. The smallest absolute Gasteiger partial charge is 0.142 e. The average Bonchev–Trinajstić information content (AvgIpc) is 2.47. The Morgan fingerprint density at radius 1 is 1.40 bits per heavy atom. The summed E-state index contributed by atoms with van der Waals surface area (Å²) in [5.41, 5.74) is 7.29. The molecule has 1 aromatic rings. The van der Waals surface area contributed by atoms with Crippen LogP contribution in [0.5, 0.6) is 0 Å². The van der Waals surface area contributed by atoms with Gasteiger partial charge in [-0.05, 0) is 50.3 Å². The number of hydrogen-bond donors (Lipinski definition) is 2. The van der Waals surface area contributed by atoms with Crippen molar-refractivity contribution in [3.8, 4) is 0 Å². The van der Waals surface area contributed by atoms with Crippen molar-refractivity contribution in [2.45, 2.75) is 51.6 Å². The van der Waals surface area contributed by atoms with E-state index in [9.17, 15) is 0 Å². The van der Waals surface area contributed by atoms with Gasteiger partial charge in [0.1, 0.15) is 11.5 Å². The number of rotatable bonds is 5. The van der Waals surface area contributed by atoms with E-state index in [0.29, 0.717) is 11.7 Å². The molecule has 0 bridgehead atoms. The molecule has 110 valence electrons. The van der Waals surface area contributed by atoms with Gasteiger partial charge in [0.25, 0.3) is 0 Å². The summed E-state index contributed by atoms with van der Waals surface area (Å²) >= 11 is 0. The van der Waals surface area contributed by atoms with Crippen LogP contribution in [-0.4, -0.2) is 28.8 Å². The van der Waals surface area contributed by atoms with Crippen molar-refractivity contribution in [2.24, 2.45) is 11.7 Å². The third kappa shape index (κ3) is 3.57. The number of nitrogens with one attached hydrogen (secondary N) is 1. The number of nitrogens with zero attached hydrogens (tertiary/aromatic N) is 2. The van der Waals surface area contributed by atoms with Gasteiger partial charge in [0, 0.05) is 18.8 Å². The van der Waals surface area contributed by atoms with Crippen molar-refractivity contribution >= 4 is 5.84 Å². The lowest BCUT2D eigenvalue weighted by Crippen LogP contribution is -2.35. The fraction of sp³-hybridized carbons (Fsp3) is 0.625. The number of nitrogen functional groups attached to an aromatic ring is 1. The van der Waals surface area contributed by atoms with Crippen LogP contribution in [0.1, 0.15) is 50.3 Å². The number of amidine groups is 1. The van der Waals surface area contributed by atoms with Crippen molar-refractivity contribution in [2.75, 3.05) is 7.05 Å². The molecule has 1 aliphatic rings. The zero-order chi connectivity index (χ0) is 14.5. The standard InChI is InChI=1S/C16H26N4/c1-3-12-6-8-14(9-7-12)20(2)11-13-5-4-10-19-15(13)16(17)18/h4-5,10,12,14H,3,6-9,11H2,1-2H3,(H3,17,18). The van der Waals surface area contributed by atoms with Gasteiger partial charge in [0.2, 0.25) is 0 Å². The van der Waals surface area contributed by atoms with Gasteiger partial charge in [0.15, 0.2) is 0 Å². The number of pyridine rings is 1. The first-order valence-corrected chi connectivity index (χ1v) is 7.60. The summed E-state index contributed by atoms with van der Waals surface area (Å²) in [6, 6.07) is 4.60. The van der Waals surface area contributed by atoms with Crippen molar-refractivity contribution < 1.29 is 0 Å². The second-order valence-corrected chi connectivity index (χ2v) is 5.92. The van der Waals surface area contributed by atoms with Crippen LogP contribution in [0.15, 0.2) is 18.3 Å². The van der Waals surface area contributed by atoms with E-state index in [1.165, 1.54) is 32.1 Å². The second kappa shape index (κ2) is 6.84. The Kier molecular flexibility index (Phi) is 5.12. The summed E-state index contributed by atoms with van der Waals surface area (Å²) in [5, 5.41) is 7.61. The van der Waals surface area contributed by atoms with Gasteiger partial charge in [-0.2, -0.15) is 0 Å². The molecule has 0 unspecified atom stereocenters. The minimum Gasteiger partial charge on any atom is -0.382 e. The van der Waals surface area contributed by atoms with Crippen LogP contribution in [0.3, 0.4) is 0 Å². The van der Waals surface area contributed by atoms with Gasteiger partial charge in [-0.3, -0.25) is 15.3 Å². The highest BCUT2D eigenvalue weighted by Gasteiger charge is 2.23. The molecule has 0 atom stereocenters. The molecular formula is C16H26N4. The molecule has 0 amide bonds. The van der Waals surface area contributed by atoms with Crippen molar-refractivity contribution in [1.29, 1.82) is 5.41 Å². The number of hydrogen-bond acceptors (Lipinski definition) is 3. The van der Waals surface area contributed by atoms with Crippen LogP contribution in [-0.2, 0) is 6.54 Å². The first-order valence-electron chi connectivity index (χ1n) is 7.60. The van der Waals surface area contributed by atoms with Gasteiger partial charge in [-0.1, -0.05) is 19.4 Å². The third-order valence-corrected chi connectivity index (χ3v) is 4.58. The SMILES string of the molecule is CCC1CCC(N(C)Cc2cccnc2C(=N)N)CC1. The summed E-state index contributed by atoms with van der Waals surface area (Å²) in [4.78, 5) is 6.62. The molecule has 0 spiro atoms. The molecular weight excluding hydrogens is 248 g/mol. The molecule has 1 aromatic heterocycles. The fourth-order valence-electron chi connectivity index (χ4n) is 3.20. The summed E-state index contributed by atoms with van der Waals surface area (Å²) in [7, 11) is 2.17. The molecule has 2 rings (SSSR count). The zero-order valence-corrected chi connectivity index (χ0v) is 12.6. The number of nitrogens with two attached hydrogens (primary N) is 1. The van der Waals surface area contributed by atoms with Crippen molar-refractivity contribution in [3.63, 3.8) is 0 Å². The highest BCUT2D eigenvalue weighted by molar-refractivity contribution is 5.94. The van der Waals surface area contributed by atoms with E-state index in [1.807, 2.05) is 12.1 Å². The van der Waals surface area contributed by atoms with Crippen LogP contribution in [0.4, 0.5) is 0 Å². The molecule has 1 aliphatic carbocycles. The lowest BCUT2D eigenvalue weighted by atomic mass is 9.84. The quantitative estimate of drug-likeness (QED) is 0.641. The molecule has 0 aliphatic heterocycles. The van der Waals surface area contributed by atoms with Gasteiger partial charge < -0.3 is 5.73 Å². The molecule has 20 heavy (non-hydrogen) atoms. The third-order valence-electron chi connectivity index (χ3n) is 4.58. The first kappa shape index (κ1) is 15.0. The largest absolute Gasteiger partial charge is 0.382 e. The van der Waals surface area contributed by atoms with Gasteiger partial charge in [0.05, 0.1) is 0 Å². The first-order chi connectivity index (χ1) is 9.61. The Morgan fingerprint density at radius 3 is 2.70 bits per heavy atom. The number of aromatic nitrogens is 1. The van der Waals surface area contributed by atoms with E-state index in [-0.39, 0.29) is 5.84 Å². The fourth-order valence-corrected chi connectivity index (χ4v) is 3.20. The minimum atomic E-state index is 0.0590. The van der Waals surface area contributed by atoms with E-state index in [1.54, 1.807) is 6.20 Å². The van der Waals surface area contributed by atoms with Crippen LogP contribution in [0.25, 0.3) is 0 Å². The van der Waals surface area contributed by atoms with E-state index >= 15 is 0 Å². The van der Waals surface area contributed by atoms with E-state index in [2.05, 4.69) is 23.9 Å². The van der Waals surface area contributed by atoms with Gasteiger partial charge >= 0.3 is 0 Å². The van der Waals surface area contributed by atoms with Gasteiger partial charge in [-0.15, -0.1) is 0 Å². The predicted molar refractivity (Wildman–Crippen MR) is 82.8 cm³/mol. The zero-order valence-electron chi connectivity index (χ0n) is 12.6. The molecule has 0 saturated heterocycles. The summed E-state index contributed by atoms with van der Waals surface area (Å²) in [6.07, 6.45) is 8.27. The van der Waals surface area contributed by atoms with Crippen molar-refractivity contribution in [1.82, 2.24) is 9.88 Å². The lowest BCUT2D eigenvalue weighted by molar-refractivity contribution is 0.157. The predicted octanol–water partition coefficient (Wildman–Crippen LogP) is 2.77. The van der Waals surface area contributed by atoms with E-state index in [4.69, 9.17) is 11.1 Å². The van der Waals surface area contributed by atoms with Crippen molar-refractivity contribution in [3.05, 3.63) is 29.6 Å². The highest BCUT2D eigenvalue weighted by Crippen LogP contribution is 2.29. The Labute approximate surface area is 121 Å². The molecule has 0 radical (unpaired) electrons. The monoisotopic (exact) mass is 274 g/mol. The molecule has 4 nitrogen and oxygen atoms in total. The highest BCUT2D eigenvalue weighted by atomic mass is 15.1. The minimum absolute atomic E-state index is 0.0590. The summed E-state index contributed by atoms with van der Waals surface area (Å²) in [6.45, 7) is 3.12. The molecule has 3 N–H and O–H groups in total. The summed E-state index contributed by atoms with van der Waals surface area (Å²) < 4.78 is 0. The lowest BCUT2D eigenvalue weighted by Gasteiger charge is -2.34. The normalized spacial score (nSPS) is 22.9. The Balaban J connectivity index is 1.98. The second-order valence-electron chi connectivity index (χ2n) is 5.92. The maximum absolute atomic E-state index is 7.61. The molecule has 1 heterocycles. The molecule has 1 saturated carbocycles.